The maximum Gasteiger partial charge on any atom is 0.300 e. The highest BCUT2D eigenvalue weighted by atomic mass is 32.1. The van der Waals surface area contributed by atoms with Gasteiger partial charge in [-0.2, -0.15) is 0 Å². The van der Waals surface area contributed by atoms with E-state index in [2.05, 4.69) is 10.3 Å². The molecule has 0 aromatic carbocycles. The molecule has 7 nitrogen and oxygen atoms in total. The summed E-state index contributed by atoms with van der Waals surface area (Å²) in [5.74, 6) is -0.467. The van der Waals surface area contributed by atoms with Crippen LogP contribution in [-0.4, -0.2) is 15.8 Å². The number of carbonyl (C=O) groups is 1. The van der Waals surface area contributed by atoms with E-state index in [1.54, 1.807) is 0 Å². The number of anilines is 1. The van der Waals surface area contributed by atoms with Gasteiger partial charge in [0.1, 0.15) is 17.6 Å². The molecule has 21 heavy (non-hydrogen) atoms. The maximum absolute atomic E-state index is 12.3. The number of pyridine rings is 1. The van der Waals surface area contributed by atoms with Crippen LogP contribution in [0.4, 0.5) is 11.5 Å². The van der Waals surface area contributed by atoms with E-state index in [4.69, 9.17) is 5.73 Å². The number of carbonyl (C=O) groups excluding carboxylic acids is 1. The summed E-state index contributed by atoms with van der Waals surface area (Å²) in [6.45, 7) is 1.93. The Morgan fingerprint density at radius 1 is 1.62 bits per heavy atom. The van der Waals surface area contributed by atoms with Gasteiger partial charge in [-0.25, -0.2) is 4.98 Å². The summed E-state index contributed by atoms with van der Waals surface area (Å²) in [6, 6.07) is 4.83. The highest BCUT2D eigenvalue weighted by Crippen LogP contribution is 2.24. The number of aromatic nitrogens is 1. The first-order chi connectivity index (χ1) is 10.0. The van der Waals surface area contributed by atoms with Crippen molar-refractivity contribution in [3.8, 4) is 0 Å². The van der Waals surface area contributed by atoms with E-state index in [1.165, 1.54) is 17.4 Å². The Kier molecular flexibility index (Phi) is 4.49. The minimum atomic E-state index is -0.645. The summed E-state index contributed by atoms with van der Waals surface area (Å²) in [5.41, 5.74) is 5.07. The first-order valence-electron chi connectivity index (χ1n) is 6.27. The Bertz CT molecular complexity index is 657. The number of nitrogens with one attached hydrogen (secondary N) is 1. The summed E-state index contributed by atoms with van der Waals surface area (Å²) in [5, 5.41) is 15.7. The zero-order chi connectivity index (χ0) is 15.4. The number of nitro groups is 1. The lowest BCUT2D eigenvalue weighted by molar-refractivity contribution is -0.385. The molecule has 0 fully saturated rings. The molecule has 0 saturated carbocycles. The van der Waals surface area contributed by atoms with E-state index in [1.807, 2.05) is 24.4 Å². The fourth-order valence-corrected chi connectivity index (χ4v) is 2.75. The third kappa shape index (κ3) is 3.34. The second-order valence-corrected chi connectivity index (χ2v) is 5.31. The monoisotopic (exact) mass is 306 g/mol. The number of hydrogen-bond donors (Lipinski definition) is 2. The van der Waals surface area contributed by atoms with E-state index >= 15 is 0 Å². The van der Waals surface area contributed by atoms with Gasteiger partial charge in [0.05, 0.1) is 11.0 Å². The van der Waals surface area contributed by atoms with Gasteiger partial charge in [0, 0.05) is 4.88 Å². The van der Waals surface area contributed by atoms with Crippen molar-refractivity contribution in [1.29, 1.82) is 0 Å². The van der Waals surface area contributed by atoms with Crippen molar-refractivity contribution >= 4 is 28.7 Å². The lowest BCUT2D eigenvalue weighted by Crippen LogP contribution is -2.28. The predicted molar refractivity (Wildman–Crippen MR) is 80.1 cm³/mol. The van der Waals surface area contributed by atoms with Crippen LogP contribution in [0.3, 0.4) is 0 Å². The van der Waals surface area contributed by atoms with Crippen molar-refractivity contribution in [2.75, 3.05) is 5.73 Å². The van der Waals surface area contributed by atoms with Crippen LogP contribution in [0.1, 0.15) is 34.6 Å². The lowest BCUT2D eigenvalue weighted by atomic mass is 10.1. The summed E-state index contributed by atoms with van der Waals surface area (Å²) in [4.78, 5) is 27.3. The molecular weight excluding hydrogens is 292 g/mol. The highest BCUT2D eigenvalue weighted by molar-refractivity contribution is 7.10. The van der Waals surface area contributed by atoms with Gasteiger partial charge in [0.2, 0.25) is 0 Å². The van der Waals surface area contributed by atoms with Gasteiger partial charge >= 0.3 is 0 Å². The number of rotatable bonds is 5. The summed E-state index contributed by atoms with van der Waals surface area (Å²) >= 11 is 1.52. The molecule has 3 N–H and O–H groups in total. The second kappa shape index (κ2) is 6.31. The maximum atomic E-state index is 12.3. The molecule has 0 spiro atoms. The molecule has 0 aliphatic carbocycles. The molecular formula is C13H14N4O3S. The minimum absolute atomic E-state index is 0.0647. The van der Waals surface area contributed by atoms with Crippen molar-refractivity contribution in [1.82, 2.24) is 10.3 Å². The normalized spacial score (nSPS) is 11.9. The van der Waals surface area contributed by atoms with Crippen LogP contribution in [0, 0.1) is 10.1 Å². The fourth-order valence-electron chi connectivity index (χ4n) is 1.89. The molecule has 2 aromatic rings. The molecule has 0 aliphatic heterocycles. The topological polar surface area (TPSA) is 111 Å². The van der Waals surface area contributed by atoms with Gasteiger partial charge in [-0.15, -0.1) is 11.3 Å². The molecule has 0 radical (unpaired) electrons. The van der Waals surface area contributed by atoms with Gasteiger partial charge in [-0.3, -0.25) is 14.9 Å². The number of amides is 1. The van der Waals surface area contributed by atoms with E-state index in [0.717, 1.165) is 11.1 Å². The lowest BCUT2D eigenvalue weighted by Gasteiger charge is -2.15. The van der Waals surface area contributed by atoms with Crippen LogP contribution in [0.2, 0.25) is 0 Å². The van der Waals surface area contributed by atoms with Gasteiger partial charge in [0.25, 0.3) is 11.6 Å². The third-order valence-electron chi connectivity index (χ3n) is 2.95. The zero-order valence-electron chi connectivity index (χ0n) is 11.3. The molecule has 1 amide bonds. The zero-order valence-corrected chi connectivity index (χ0v) is 12.1. The van der Waals surface area contributed by atoms with Gasteiger partial charge in [0.15, 0.2) is 0 Å². The molecule has 1 atom stereocenters. The average Bonchev–Trinajstić information content (AvgIpc) is 2.98. The molecule has 8 heteroatoms. The molecule has 0 bridgehead atoms. The number of thiophene rings is 1. The van der Waals surface area contributed by atoms with Crippen molar-refractivity contribution in [3.63, 3.8) is 0 Å². The Morgan fingerprint density at radius 3 is 2.95 bits per heavy atom. The Hall–Kier alpha value is -2.48. The first kappa shape index (κ1) is 14.9. The van der Waals surface area contributed by atoms with E-state index in [9.17, 15) is 14.9 Å². The highest BCUT2D eigenvalue weighted by Gasteiger charge is 2.23. The van der Waals surface area contributed by atoms with Crippen LogP contribution in [0.25, 0.3) is 0 Å². The van der Waals surface area contributed by atoms with Crippen LogP contribution < -0.4 is 11.1 Å². The van der Waals surface area contributed by atoms with Crippen LogP contribution in [0.15, 0.2) is 29.8 Å². The fraction of sp³-hybridized carbons (Fsp3) is 0.231. The van der Waals surface area contributed by atoms with E-state index < -0.39 is 10.8 Å². The van der Waals surface area contributed by atoms with Crippen LogP contribution in [0.5, 0.6) is 0 Å². The number of nitrogen functional groups attached to an aromatic ring is 1. The predicted octanol–water partition coefficient (Wildman–Crippen LogP) is 2.51. The van der Waals surface area contributed by atoms with Crippen molar-refractivity contribution in [2.45, 2.75) is 19.4 Å². The molecule has 110 valence electrons. The average molecular weight is 306 g/mol. The standard InChI is InChI=1S/C13H14N4O3S/c1-2-9(11-4-3-5-21-11)16-13(18)8-6-12(14)15-7-10(8)17(19)20/h3-7,9H,2H2,1H3,(H2,14,15)(H,16,18). The van der Waals surface area contributed by atoms with Gasteiger partial charge in [-0.1, -0.05) is 13.0 Å². The Labute approximate surface area is 125 Å². The molecule has 2 rings (SSSR count). The summed E-state index contributed by atoms with van der Waals surface area (Å²) in [6.07, 6.45) is 1.68. The number of nitrogens with zero attached hydrogens (tertiary/aromatic N) is 2. The van der Waals surface area contributed by atoms with Gasteiger partial charge in [-0.05, 0) is 23.9 Å². The molecule has 0 aliphatic rings. The largest absolute Gasteiger partial charge is 0.384 e. The molecule has 2 aromatic heterocycles. The Morgan fingerprint density at radius 2 is 2.38 bits per heavy atom. The summed E-state index contributed by atoms with van der Waals surface area (Å²) < 4.78 is 0. The second-order valence-electron chi connectivity index (χ2n) is 4.33. The van der Waals surface area contributed by atoms with E-state index in [0.29, 0.717) is 6.42 Å². The van der Waals surface area contributed by atoms with Gasteiger partial charge < -0.3 is 11.1 Å². The first-order valence-corrected chi connectivity index (χ1v) is 7.15. The molecule has 1 unspecified atom stereocenters. The van der Waals surface area contributed by atoms with E-state index in [-0.39, 0.29) is 23.1 Å². The molecule has 0 saturated heterocycles. The smallest absolute Gasteiger partial charge is 0.300 e. The van der Waals surface area contributed by atoms with Crippen LogP contribution in [-0.2, 0) is 0 Å². The number of nitrogens with two attached hydrogens (primary N) is 1. The third-order valence-corrected chi connectivity index (χ3v) is 3.93. The SMILES string of the molecule is CCC(NC(=O)c1cc(N)ncc1[N+](=O)[O-])c1cccs1. The summed E-state index contributed by atoms with van der Waals surface area (Å²) in [7, 11) is 0. The van der Waals surface area contributed by atoms with Crippen LogP contribution >= 0.6 is 11.3 Å². The van der Waals surface area contributed by atoms with Crippen molar-refractivity contribution in [3.05, 3.63) is 50.3 Å². The van der Waals surface area contributed by atoms with Crippen molar-refractivity contribution in [2.24, 2.45) is 0 Å². The minimum Gasteiger partial charge on any atom is -0.384 e. The number of hydrogen-bond acceptors (Lipinski definition) is 6. The quantitative estimate of drug-likeness (QED) is 0.651. The molecule has 2 heterocycles. The Balaban J connectivity index is 2.27. The van der Waals surface area contributed by atoms with Crippen molar-refractivity contribution < 1.29 is 9.72 Å².